The number of amides is 1. The molecule has 0 spiro atoms. The van der Waals surface area contributed by atoms with Crippen molar-refractivity contribution in [1.82, 2.24) is 4.90 Å². The van der Waals surface area contributed by atoms with Crippen LogP contribution >= 0.6 is 15.9 Å². The lowest BCUT2D eigenvalue weighted by Gasteiger charge is -2.45. The monoisotopic (exact) mass is 327 g/mol. The van der Waals surface area contributed by atoms with E-state index in [4.69, 9.17) is 0 Å². The number of β-amino-alcohol motifs (C(OH)–C–C–N with tert-alkyl or cyclic N) is 1. The highest BCUT2D eigenvalue weighted by Gasteiger charge is 2.41. The fourth-order valence-electron chi connectivity index (χ4n) is 1.95. The molecule has 0 atom stereocenters. The fourth-order valence-corrected chi connectivity index (χ4v) is 2.33. The summed E-state index contributed by atoms with van der Waals surface area (Å²) in [6, 6.07) is 4.55. The Balaban J connectivity index is 2.00. The van der Waals surface area contributed by atoms with Crippen LogP contribution in [-0.2, 0) is 4.79 Å². The van der Waals surface area contributed by atoms with Crippen molar-refractivity contribution in [3.63, 3.8) is 0 Å². The van der Waals surface area contributed by atoms with E-state index >= 15 is 0 Å². The van der Waals surface area contributed by atoms with Crippen LogP contribution in [0.15, 0.2) is 28.7 Å². The molecule has 1 aliphatic heterocycles. The largest absolute Gasteiger partial charge is 0.386 e. The van der Waals surface area contributed by atoms with E-state index in [-0.39, 0.29) is 11.7 Å². The van der Waals surface area contributed by atoms with Gasteiger partial charge in [0.1, 0.15) is 5.82 Å². The van der Waals surface area contributed by atoms with E-state index < -0.39 is 5.60 Å². The van der Waals surface area contributed by atoms with Gasteiger partial charge in [0.25, 0.3) is 0 Å². The van der Waals surface area contributed by atoms with Gasteiger partial charge in [0.05, 0.1) is 18.7 Å². The Kier molecular flexibility index (Phi) is 4.06. The molecule has 102 valence electrons. The first-order valence-electron chi connectivity index (χ1n) is 6.08. The zero-order valence-electron chi connectivity index (χ0n) is 10.6. The van der Waals surface area contributed by atoms with E-state index in [0.29, 0.717) is 25.1 Å². The van der Waals surface area contributed by atoms with Crippen molar-refractivity contribution in [2.75, 3.05) is 13.1 Å². The van der Waals surface area contributed by atoms with Gasteiger partial charge in [-0.2, -0.15) is 0 Å². The molecule has 1 fully saturated rings. The van der Waals surface area contributed by atoms with E-state index in [0.717, 1.165) is 4.47 Å². The first kappa shape index (κ1) is 14.2. The highest BCUT2D eigenvalue weighted by Crippen LogP contribution is 2.24. The maximum absolute atomic E-state index is 13.5. The maximum Gasteiger partial charge on any atom is 0.246 e. The second kappa shape index (κ2) is 5.43. The number of carbonyl (C=O) groups excluding carboxylic acids is 1. The molecule has 1 aromatic rings. The normalized spacial score (nSPS) is 17.6. The molecule has 0 unspecified atom stereocenters. The third kappa shape index (κ3) is 3.22. The predicted octanol–water partition coefficient (Wildman–Crippen LogP) is 2.58. The number of rotatable bonds is 3. The predicted molar refractivity (Wildman–Crippen MR) is 75.0 cm³/mol. The molecule has 0 saturated carbocycles. The Hall–Kier alpha value is -1.20. The van der Waals surface area contributed by atoms with Gasteiger partial charge in [-0.05, 0) is 30.7 Å². The van der Waals surface area contributed by atoms with Crippen LogP contribution in [0.2, 0.25) is 0 Å². The summed E-state index contributed by atoms with van der Waals surface area (Å²) in [6.07, 6.45) is 3.41. The first-order valence-corrected chi connectivity index (χ1v) is 6.87. The number of nitrogens with zero attached hydrogens (tertiary/aromatic N) is 1. The van der Waals surface area contributed by atoms with E-state index in [9.17, 15) is 14.3 Å². The zero-order valence-corrected chi connectivity index (χ0v) is 12.2. The molecule has 1 aromatic carbocycles. The van der Waals surface area contributed by atoms with Crippen molar-refractivity contribution in [3.8, 4) is 0 Å². The van der Waals surface area contributed by atoms with Gasteiger partial charge in [0, 0.05) is 16.1 Å². The molecule has 0 radical (unpaired) electrons. The summed E-state index contributed by atoms with van der Waals surface area (Å²) in [4.78, 5) is 13.3. The SMILES string of the molecule is CCC1(O)CN(C(=O)C=Cc2cc(Br)ccc2F)C1. The van der Waals surface area contributed by atoms with Crippen LogP contribution in [0.4, 0.5) is 4.39 Å². The van der Waals surface area contributed by atoms with Gasteiger partial charge in [-0.3, -0.25) is 4.79 Å². The van der Waals surface area contributed by atoms with Gasteiger partial charge >= 0.3 is 0 Å². The molecular weight excluding hydrogens is 313 g/mol. The number of hydrogen-bond donors (Lipinski definition) is 1. The number of hydrogen-bond acceptors (Lipinski definition) is 2. The van der Waals surface area contributed by atoms with E-state index in [1.54, 1.807) is 12.1 Å². The second-order valence-electron chi connectivity index (χ2n) is 4.77. The number of benzene rings is 1. The third-order valence-electron chi connectivity index (χ3n) is 3.30. The molecule has 3 nitrogen and oxygen atoms in total. The van der Waals surface area contributed by atoms with E-state index in [1.165, 1.54) is 23.1 Å². The average Bonchev–Trinajstić information content (AvgIpc) is 2.35. The molecule has 1 heterocycles. The van der Waals surface area contributed by atoms with Crippen molar-refractivity contribution in [2.24, 2.45) is 0 Å². The van der Waals surface area contributed by atoms with E-state index in [1.807, 2.05) is 6.92 Å². The maximum atomic E-state index is 13.5. The minimum absolute atomic E-state index is 0.211. The van der Waals surface area contributed by atoms with Crippen molar-refractivity contribution in [1.29, 1.82) is 0 Å². The molecule has 5 heteroatoms. The summed E-state index contributed by atoms with van der Waals surface area (Å²) in [6.45, 7) is 2.57. The second-order valence-corrected chi connectivity index (χ2v) is 5.69. The van der Waals surface area contributed by atoms with Crippen LogP contribution in [0.3, 0.4) is 0 Å². The average molecular weight is 328 g/mol. The number of likely N-dealkylation sites (tertiary alicyclic amines) is 1. The molecule has 1 amide bonds. The van der Waals surface area contributed by atoms with Gasteiger partial charge < -0.3 is 10.0 Å². The smallest absolute Gasteiger partial charge is 0.246 e. The molecule has 19 heavy (non-hydrogen) atoms. The molecule has 1 saturated heterocycles. The molecule has 1 N–H and O–H groups in total. The lowest BCUT2D eigenvalue weighted by molar-refractivity contribution is -0.150. The van der Waals surface area contributed by atoms with Gasteiger partial charge in [-0.15, -0.1) is 0 Å². The van der Waals surface area contributed by atoms with Crippen molar-refractivity contribution < 1.29 is 14.3 Å². The fraction of sp³-hybridized carbons (Fsp3) is 0.357. The lowest BCUT2D eigenvalue weighted by atomic mass is 9.91. The molecule has 0 aliphatic carbocycles. The summed E-state index contributed by atoms with van der Waals surface area (Å²) in [5.41, 5.74) is -0.390. The Bertz CT molecular complexity index is 524. The molecule has 1 aliphatic rings. The molecule has 0 bridgehead atoms. The lowest BCUT2D eigenvalue weighted by Crippen LogP contribution is -2.62. The summed E-state index contributed by atoms with van der Waals surface area (Å²) >= 11 is 3.25. The third-order valence-corrected chi connectivity index (χ3v) is 3.80. The van der Waals surface area contributed by atoms with Crippen molar-refractivity contribution in [2.45, 2.75) is 18.9 Å². The summed E-state index contributed by atoms with van der Waals surface area (Å²) < 4.78 is 14.2. The van der Waals surface area contributed by atoms with E-state index in [2.05, 4.69) is 15.9 Å². The van der Waals surface area contributed by atoms with Crippen LogP contribution < -0.4 is 0 Å². The van der Waals surface area contributed by atoms with Crippen molar-refractivity contribution in [3.05, 3.63) is 40.1 Å². The zero-order chi connectivity index (χ0) is 14.0. The molecular formula is C14H15BrFNO2. The topological polar surface area (TPSA) is 40.5 Å². The summed E-state index contributed by atoms with van der Waals surface area (Å²) in [7, 11) is 0. The minimum Gasteiger partial charge on any atom is -0.386 e. The van der Waals surface area contributed by atoms with Crippen LogP contribution in [0.5, 0.6) is 0 Å². The first-order chi connectivity index (χ1) is 8.93. The minimum atomic E-state index is -0.746. The Labute approximate surface area is 119 Å². The summed E-state index contributed by atoms with van der Waals surface area (Å²) in [5.74, 6) is -0.585. The Morgan fingerprint density at radius 3 is 2.89 bits per heavy atom. The van der Waals surface area contributed by atoms with Gasteiger partial charge in [-0.1, -0.05) is 22.9 Å². The highest BCUT2D eigenvalue weighted by atomic mass is 79.9. The standard InChI is InChI=1S/C14H15BrFNO2/c1-2-14(19)8-17(9-14)13(18)6-3-10-7-11(15)4-5-12(10)16/h3-7,19H,2,8-9H2,1H3. The Morgan fingerprint density at radius 1 is 1.58 bits per heavy atom. The molecule has 0 aromatic heterocycles. The van der Waals surface area contributed by atoms with Gasteiger partial charge in [-0.25, -0.2) is 4.39 Å². The van der Waals surface area contributed by atoms with Crippen LogP contribution in [-0.4, -0.2) is 34.6 Å². The quantitative estimate of drug-likeness (QED) is 0.867. The van der Waals surface area contributed by atoms with Crippen LogP contribution in [0, 0.1) is 5.82 Å². The van der Waals surface area contributed by atoms with Crippen molar-refractivity contribution >= 4 is 27.9 Å². The number of carbonyl (C=O) groups is 1. The highest BCUT2D eigenvalue weighted by molar-refractivity contribution is 9.10. The number of halogens is 2. The van der Waals surface area contributed by atoms with Crippen LogP contribution in [0.1, 0.15) is 18.9 Å². The van der Waals surface area contributed by atoms with Gasteiger partial charge in [0.2, 0.25) is 5.91 Å². The summed E-state index contributed by atoms with van der Waals surface area (Å²) in [5, 5.41) is 9.82. The number of aliphatic hydroxyl groups is 1. The molecule has 2 rings (SSSR count). The van der Waals surface area contributed by atoms with Crippen LogP contribution in [0.25, 0.3) is 6.08 Å². The van der Waals surface area contributed by atoms with Gasteiger partial charge in [0.15, 0.2) is 0 Å². The Morgan fingerprint density at radius 2 is 2.26 bits per heavy atom.